The van der Waals surface area contributed by atoms with E-state index < -0.39 is 0 Å². The van der Waals surface area contributed by atoms with Crippen LogP contribution < -0.4 is 10.6 Å². The molecule has 0 amide bonds. The maximum Gasteiger partial charge on any atom is 0.325 e. The van der Waals surface area contributed by atoms with E-state index in [4.69, 9.17) is 0 Å². The van der Waals surface area contributed by atoms with Gasteiger partial charge in [0.15, 0.2) is 0 Å². The Morgan fingerprint density at radius 1 is 1.33 bits per heavy atom. The zero-order chi connectivity index (χ0) is 13.0. The second-order valence-corrected chi connectivity index (χ2v) is 3.59. The Labute approximate surface area is 104 Å². The van der Waals surface area contributed by atoms with Crippen molar-refractivity contribution < 1.29 is 9.53 Å². The lowest BCUT2D eigenvalue weighted by molar-refractivity contribution is -0.138. The van der Waals surface area contributed by atoms with Crippen molar-refractivity contribution in [1.29, 1.82) is 0 Å². The maximum atomic E-state index is 11.1. The quantitative estimate of drug-likeness (QED) is 0.791. The molecule has 0 aliphatic heterocycles. The van der Waals surface area contributed by atoms with Crippen molar-refractivity contribution in [2.24, 2.45) is 0 Å². The number of rotatable bonds is 4. The summed E-state index contributed by atoms with van der Waals surface area (Å²) < 4.78 is 4.58. The summed E-state index contributed by atoms with van der Waals surface area (Å²) >= 11 is 0. The standard InChI is InChI=1S/C12H14N4O2/c1-13-12-15-9-6-4-3-5-8(9)11(16-12)14-7-10(17)18-2/h3-6H,7H2,1-2H3,(H2,13,14,15,16). The lowest BCUT2D eigenvalue weighted by Crippen LogP contribution is -2.16. The molecule has 6 nitrogen and oxygen atoms in total. The van der Waals surface area contributed by atoms with Gasteiger partial charge in [-0.2, -0.15) is 4.98 Å². The molecule has 0 fully saturated rings. The van der Waals surface area contributed by atoms with Crippen molar-refractivity contribution in [2.45, 2.75) is 0 Å². The van der Waals surface area contributed by atoms with Crippen molar-refractivity contribution >= 4 is 28.6 Å². The molecular weight excluding hydrogens is 232 g/mol. The van der Waals surface area contributed by atoms with Crippen molar-refractivity contribution in [3.8, 4) is 0 Å². The number of esters is 1. The van der Waals surface area contributed by atoms with Gasteiger partial charge in [0.2, 0.25) is 5.95 Å². The molecular formula is C12H14N4O2. The van der Waals surface area contributed by atoms with Crippen molar-refractivity contribution in [1.82, 2.24) is 9.97 Å². The predicted octanol–water partition coefficient (Wildman–Crippen LogP) is 1.26. The molecule has 18 heavy (non-hydrogen) atoms. The third kappa shape index (κ3) is 2.48. The lowest BCUT2D eigenvalue weighted by atomic mass is 10.2. The summed E-state index contributed by atoms with van der Waals surface area (Å²) in [6, 6.07) is 7.59. The van der Waals surface area contributed by atoms with E-state index in [1.54, 1.807) is 7.05 Å². The number of hydrogen-bond donors (Lipinski definition) is 2. The number of methoxy groups -OCH3 is 1. The molecule has 0 atom stereocenters. The number of carbonyl (C=O) groups is 1. The fraction of sp³-hybridized carbons (Fsp3) is 0.250. The molecule has 0 bridgehead atoms. The van der Waals surface area contributed by atoms with E-state index >= 15 is 0 Å². The minimum atomic E-state index is -0.344. The maximum absolute atomic E-state index is 11.1. The average molecular weight is 246 g/mol. The summed E-state index contributed by atoms with van der Waals surface area (Å²) in [5.41, 5.74) is 0.809. The van der Waals surface area contributed by atoms with Crippen molar-refractivity contribution in [3.05, 3.63) is 24.3 Å². The van der Waals surface area contributed by atoms with Gasteiger partial charge < -0.3 is 15.4 Å². The summed E-state index contributed by atoms with van der Waals surface area (Å²) in [7, 11) is 3.09. The van der Waals surface area contributed by atoms with Crippen LogP contribution in [0.4, 0.5) is 11.8 Å². The third-order valence-electron chi connectivity index (χ3n) is 2.45. The monoisotopic (exact) mass is 246 g/mol. The highest BCUT2D eigenvalue weighted by molar-refractivity contribution is 5.91. The van der Waals surface area contributed by atoms with Crippen LogP contribution in [0.5, 0.6) is 0 Å². The van der Waals surface area contributed by atoms with Gasteiger partial charge in [0.25, 0.3) is 0 Å². The lowest BCUT2D eigenvalue weighted by Gasteiger charge is -2.09. The smallest absolute Gasteiger partial charge is 0.325 e. The number of fused-ring (bicyclic) bond motifs is 1. The van der Waals surface area contributed by atoms with E-state index in [9.17, 15) is 4.79 Å². The number of nitrogens with one attached hydrogen (secondary N) is 2. The number of ether oxygens (including phenoxy) is 1. The first-order valence-electron chi connectivity index (χ1n) is 5.50. The molecule has 0 saturated carbocycles. The second kappa shape index (κ2) is 5.31. The van der Waals surface area contributed by atoms with Gasteiger partial charge in [0.05, 0.1) is 12.6 Å². The zero-order valence-electron chi connectivity index (χ0n) is 10.2. The minimum absolute atomic E-state index is 0.0701. The van der Waals surface area contributed by atoms with Crippen molar-refractivity contribution in [2.75, 3.05) is 31.3 Å². The first kappa shape index (κ1) is 12.1. The Hall–Kier alpha value is -2.37. The Balaban J connectivity index is 2.37. The number of benzene rings is 1. The Kier molecular flexibility index (Phi) is 3.57. The summed E-state index contributed by atoms with van der Waals surface area (Å²) in [5.74, 6) is 0.764. The summed E-state index contributed by atoms with van der Waals surface area (Å²) in [5, 5.41) is 6.69. The Bertz CT molecular complexity index is 571. The SMILES string of the molecule is CNc1nc(NCC(=O)OC)c2ccccc2n1. The van der Waals surface area contributed by atoms with Gasteiger partial charge in [0.1, 0.15) is 12.4 Å². The zero-order valence-corrected chi connectivity index (χ0v) is 10.2. The van der Waals surface area contributed by atoms with Gasteiger partial charge in [-0.3, -0.25) is 4.79 Å². The van der Waals surface area contributed by atoms with Gasteiger partial charge in [0, 0.05) is 12.4 Å². The number of carbonyl (C=O) groups excluding carboxylic acids is 1. The molecule has 0 radical (unpaired) electrons. The largest absolute Gasteiger partial charge is 0.468 e. The third-order valence-corrected chi connectivity index (χ3v) is 2.45. The van der Waals surface area contributed by atoms with Crippen LogP contribution >= 0.6 is 0 Å². The first-order valence-corrected chi connectivity index (χ1v) is 5.50. The molecule has 94 valence electrons. The minimum Gasteiger partial charge on any atom is -0.468 e. The molecule has 0 unspecified atom stereocenters. The molecule has 1 aromatic carbocycles. The Morgan fingerprint density at radius 3 is 2.83 bits per heavy atom. The fourth-order valence-electron chi connectivity index (χ4n) is 1.55. The molecule has 2 N–H and O–H groups in total. The highest BCUT2D eigenvalue weighted by Crippen LogP contribution is 2.21. The molecule has 1 heterocycles. The summed E-state index contributed by atoms with van der Waals surface area (Å²) in [6.07, 6.45) is 0. The number of aromatic nitrogens is 2. The molecule has 0 aliphatic rings. The van der Waals surface area contributed by atoms with Crippen LogP contribution in [-0.4, -0.2) is 36.6 Å². The van der Waals surface area contributed by atoms with Crippen LogP contribution in [0.1, 0.15) is 0 Å². The van der Waals surface area contributed by atoms with E-state index in [0.717, 1.165) is 10.9 Å². The summed E-state index contributed by atoms with van der Waals surface area (Å²) in [4.78, 5) is 19.7. The van der Waals surface area contributed by atoms with E-state index in [1.807, 2.05) is 24.3 Å². The van der Waals surface area contributed by atoms with Gasteiger partial charge in [-0.25, -0.2) is 4.98 Å². The van der Waals surface area contributed by atoms with Crippen LogP contribution in [0.2, 0.25) is 0 Å². The predicted molar refractivity (Wildman–Crippen MR) is 69.6 cm³/mol. The molecule has 0 saturated heterocycles. The number of anilines is 2. The molecule has 2 rings (SSSR count). The molecule has 6 heteroatoms. The van der Waals surface area contributed by atoms with Gasteiger partial charge in [-0.05, 0) is 12.1 Å². The molecule has 2 aromatic rings. The van der Waals surface area contributed by atoms with Crippen LogP contribution in [-0.2, 0) is 9.53 Å². The summed E-state index contributed by atoms with van der Waals surface area (Å²) in [6.45, 7) is 0.0701. The first-order chi connectivity index (χ1) is 8.74. The van der Waals surface area contributed by atoms with E-state index in [2.05, 4.69) is 25.3 Å². The van der Waals surface area contributed by atoms with Gasteiger partial charge in [-0.15, -0.1) is 0 Å². The average Bonchev–Trinajstić information content (AvgIpc) is 2.43. The number of nitrogens with zero attached hydrogens (tertiary/aromatic N) is 2. The fourth-order valence-corrected chi connectivity index (χ4v) is 1.55. The van der Waals surface area contributed by atoms with E-state index in [-0.39, 0.29) is 12.5 Å². The molecule has 1 aromatic heterocycles. The van der Waals surface area contributed by atoms with E-state index in [0.29, 0.717) is 11.8 Å². The highest BCUT2D eigenvalue weighted by atomic mass is 16.5. The number of para-hydroxylation sites is 1. The van der Waals surface area contributed by atoms with E-state index in [1.165, 1.54) is 7.11 Å². The molecule has 0 aliphatic carbocycles. The normalized spacial score (nSPS) is 10.1. The van der Waals surface area contributed by atoms with Gasteiger partial charge in [-0.1, -0.05) is 12.1 Å². The van der Waals surface area contributed by atoms with Crippen molar-refractivity contribution in [3.63, 3.8) is 0 Å². The van der Waals surface area contributed by atoms with Crippen LogP contribution in [0.15, 0.2) is 24.3 Å². The Morgan fingerprint density at radius 2 is 2.11 bits per heavy atom. The topological polar surface area (TPSA) is 76.1 Å². The van der Waals surface area contributed by atoms with Gasteiger partial charge >= 0.3 is 5.97 Å². The number of hydrogen-bond acceptors (Lipinski definition) is 6. The van der Waals surface area contributed by atoms with Crippen LogP contribution in [0.25, 0.3) is 10.9 Å². The van der Waals surface area contributed by atoms with Crippen LogP contribution in [0, 0.1) is 0 Å². The second-order valence-electron chi connectivity index (χ2n) is 3.59. The van der Waals surface area contributed by atoms with Crippen LogP contribution in [0.3, 0.4) is 0 Å². The highest BCUT2D eigenvalue weighted by Gasteiger charge is 2.08. The molecule has 0 spiro atoms.